The largest absolute Gasteiger partial charge is 0.307 e. The van der Waals surface area contributed by atoms with E-state index in [0.717, 1.165) is 18.3 Å². The van der Waals surface area contributed by atoms with Gasteiger partial charge in [0.25, 0.3) is 0 Å². The number of hydrogen-bond acceptors (Lipinski definition) is 3. The van der Waals surface area contributed by atoms with Gasteiger partial charge in [0.1, 0.15) is 12.2 Å². The van der Waals surface area contributed by atoms with Gasteiger partial charge in [0, 0.05) is 13.1 Å². The zero-order valence-electron chi connectivity index (χ0n) is 9.61. The number of nitrogens with one attached hydrogen (secondary N) is 1. The monoisotopic (exact) mass is 208 g/mol. The van der Waals surface area contributed by atoms with Crippen LogP contribution in [-0.4, -0.2) is 20.8 Å². The zero-order valence-corrected chi connectivity index (χ0v) is 9.61. The van der Waals surface area contributed by atoms with Crippen molar-refractivity contribution in [1.29, 1.82) is 0 Å². The third kappa shape index (κ3) is 2.56. The van der Waals surface area contributed by atoms with Gasteiger partial charge in [-0.3, -0.25) is 4.68 Å². The minimum Gasteiger partial charge on any atom is -0.307 e. The molecule has 1 N–H and O–H groups in total. The van der Waals surface area contributed by atoms with E-state index in [0.29, 0.717) is 6.04 Å². The second kappa shape index (κ2) is 4.75. The van der Waals surface area contributed by atoms with Crippen LogP contribution in [0.5, 0.6) is 0 Å². The number of aromatic nitrogens is 3. The van der Waals surface area contributed by atoms with E-state index in [1.54, 1.807) is 6.33 Å². The molecule has 15 heavy (non-hydrogen) atoms. The SMILES string of the molecule is C[C@@H](NCc1ncnn1C)C1CCCC1. The van der Waals surface area contributed by atoms with Crippen molar-refractivity contribution in [2.45, 2.75) is 45.2 Å². The summed E-state index contributed by atoms with van der Waals surface area (Å²) in [6, 6.07) is 0.601. The molecule has 0 saturated heterocycles. The van der Waals surface area contributed by atoms with Crippen molar-refractivity contribution >= 4 is 0 Å². The lowest BCUT2D eigenvalue weighted by Crippen LogP contribution is -2.32. The van der Waals surface area contributed by atoms with E-state index in [2.05, 4.69) is 22.3 Å². The van der Waals surface area contributed by atoms with Crippen LogP contribution in [0.4, 0.5) is 0 Å². The quantitative estimate of drug-likeness (QED) is 0.815. The summed E-state index contributed by atoms with van der Waals surface area (Å²) in [5.74, 6) is 1.87. The highest BCUT2D eigenvalue weighted by Crippen LogP contribution is 2.27. The first-order valence-corrected chi connectivity index (χ1v) is 5.83. The summed E-state index contributed by atoms with van der Waals surface area (Å²) in [7, 11) is 1.93. The van der Waals surface area contributed by atoms with Gasteiger partial charge < -0.3 is 5.32 Å². The lowest BCUT2D eigenvalue weighted by atomic mass is 10.00. The van der Waals surface area contributed by atoms with Crippen molar-refractivity contribution < 1.29 is 0 Å². The number of hydrogen-bond donors (Lipinski definition) is 1. The van der Waals surface area contributed by atoms with Crippen LogP contribution in [0.15, 0.2) is 6.33 Å². The molecule has 0 aromatic carbocycles. The Balaban J connectivity index is 1.80. The molecule has 2 rings (SSSR count). The van der Waals surface area contributed by atoms with Gasteiger partial charge in [0.2, 0.25) is 0 Å². The van der Waals surface area contributed by atoms with Gasteiger partial charge in [-0.1, -0.05) is 12.8 Å². The van der Waals surface area contributed by atoms with Crippen LogP contribution in [0.1, 0.15) is 38.4 Å². The van der Waals surface area contributed by atoms with Crippen molar-refractivity contribution in [3.8, 4) is 0 Å². The van der Waals surface area contributed by atoms with Crippen molar-refractivity contribution in [3.63, 3.8) is 0 Å². The normalized spacial score (nSPS) is 19.6. The van der Waals surface area contributed by atoms with E-state index < -0.39 is 0 Å². The smallest absolute Gasteiger partial charge is 0.140 e. The lowest BCUT2D eigenvalue weighted by Gasteiger charge is -2.19. The van der Waals surface area contributed by atoms with Gasteiger partial charge in [-0.2, -0.15) is 5.10 Å². The highest BCUT2D eigenvalue weighted by molar-refractivity contribution is 4.85. The van der Waals surface area contributed by atoms with Crippen LogP contribution in [0.3, 0.4) is 0 Å². The Kier molecular flexibility index (Phi) is 3.36. The molecular formula is C11H20N4. The lowest BCUT2D eigenvalue weighted by molar-refractivity contribution is 0.374. The summed E-state index contributed by atoms with van der Waals surface area (Å²) >= 11 is 0. The third-order valence-electron chi connectivity index (χ3n) is 3.49. The molecule has 0 unspecified atom stereocenters. The number of nitrogens with zero attached hydrogens (tertiary/aromatic N) is 3. The molecule has 0 radical (unpaired) electrons. The molecule has 1 aliphatic rings. The second-order valence-electron chi connectivity index (χ2n) is 4.51. The summed E-state index contributed by atoms with van der Waals surface area (Å²) in [6.07, 6.45) is 7.18. The fourth-order valence-corrected chi connectivity index (χ4v) is 2.36. The topological polar surface area (TPSA) is 42.7 Å². The molecule has 1 aromatic heterocycles. The maximum atomic E-state index is 4.20. The van der Waals surface area contributed by atoms with Crippen LogP contribution in [-0.2, 0) is 13.6 Å². The fraction of sp³-hybridized carbons (Fsp3) is 0.818. The van der Waals surface area contributed by atoms with Crippen LogP contribution in [0.2, 0.25) is 0 Å². The summed E-state index contributed by atoms with van der Waals surface area (Å²) in [6.45, 7) is 3.11. The predicted octanol–water partition coefficient (Wildman–Crippen LogP) is 1.48. The molecule has 4 heteroatoms. The van der Waals surface area contributed by atoms with Gasteiger partial charge in [-0.05, 0) is 25.7 Å². The molecule has 0 amide bonds. The summed E-state index contributed by atoms with van der Waals surface area (Å²) in [4.78, 5) is 4.20. The summed E-state index contributed by atoms with van der Waals surface area (Å²) in [5.41, 5.74) is 0. The van der Waals surface area contributed by atoms with E-state index in [-0.39, 0.29) is 0 Å². The molecule has 1 fully saturated rings. The minimum atomic E-state index is 0.601. The fourth-order valence-electron chi connectivity index (χ4n) is 2.36. The van der Waals surface area contributed by atoms with Crippen molar-refractivity contribution in [3.05, 3.63) is 12.2 Å². The van der Waals surface area contributed by atoms with Crippen molar-refractivity contribution in [1.82, 2.24) is 20.1 Å². The van der Waals surface area contributed by atoms with Gasteiger partial charge >= 0.3 is 0 Å². The van der Waals surface area contributed by atoms with Gasteiger partial charge in [0.05, 0.1) is 6.54 Å². The second-order valence-corrected chi connectivity index (χ2v) is 4.51. The molecule has 0 aliphatic heterocycles. The van der Waals surface area contributed by atoms with Crippen LogP contribution in [0, 0.1) is 5.92 Å². The summed E-state index contributed by atoms with van der Waals surface area (Å²) < 4.78 is 1.83. The standard InChI is InChI=1S/C11H20N4/c1-9(10-5-3-4-6-10)12-7-11-13-8-14-15(11)2/h8-10,12H,3-7H2,1-2H3/t9-/m1/s1. The molecule has 0 bridgehead atoms. The average molecular weight is 208 g/mol. The Hall–Kier alpha value is -0.900. The predicted molar refractivity (Wildman–Crippen MR) is 59.3 cm³/mol. The van der Waals surface area contributed by atoms with Crippen molar-refractivity contribution in [2.75, 3.05) is 0 Å². The molecule has 1 heterocycles. The van der Waals surface area contributed by atoms with E-state index in [1.165, 1.54) is 25.7 Å². The van der Waals surface area contributed by atoms with Gasteiger partial charge in [-0.25, -0.2) is 4.98 Å². The third-order valence-corrected chi connectivity index (χ3v) is 3.49. The highest BCUT2D eigenvalue weighted by Gasteiger charge is 2.21. The van der Waals surface area contributed by atoms with Crippen molar-refractivity contribution in [2.24, 2.45) is 13.0 Å². The maximum absolute atomic E-state index is 4.20. The first kappa shape index (κ1) is 10.6. The molecule has 1 atom stereocenters. The summed E-state index contributed by atoms with van der Waals surface area (Å²) in [5, 5.41) is 7.60. The average Bonchev–Trinajstić information content (AvgIpc) is 2.85. The van der Waals surface area contributed by atoms with Crippen LogP contribution in [0.25, 0.3) is 0 Å². The molecule has 4 nitrogen and oxygen atoms in total. The van der Waals surface area contributed by atoms with Crippen LogP contribution >= 0.6 is 0 Å². The highest BCUT2D eigenvalue weighted by atomic mass is 15.3. The maximum Gasteiger partial charge on any atom is 0.140 e. The van der Waals surface area contributed by atoms with E-state index in [9.17, 15) is 0 Å². The first-order chi connectivity index (χ1) is 7.27. The van der Waals surface area contributed by atoms with E-state index >= 15 is 0 Å². The number of aryl methyl sites for hydroxylation is 1. The molecule has 1 aliphatic carbocycles. The van der Waals surface area contributed by atoms with E-state index in [1.807, 2.05) is 11.7 Å². The molecular weight excluding hydrogens is 188 g/mol. The minimum absolute atomic E-state index is 0.601. The Bertz CT molecular complexity index is 301. The molecule has 84 valence electrons. The van der Waals surface area contributed by atoms with Gasteiger partial charge in [-0.15, -0.1) is 0 Å². The Morgan fingerprint density at radius 2 is 2.27 bits per heavy atom. The Morgan fingerprint density at radius 3 is 2.87 bits per heavy atom. The van der Waals surface area contributed by atoms with Gasteiger partial charge in [0.15, 0.2) is 0 Å². The Morgan fingerprint density at radius 1 is 1.53 bits per heavy atom. The van der Waals surface area contributed by atoms with Crippen LogP contribution < -0.4 is 5.32 Å². The molecule has 1 saturated carbocycles. The Labute approximate surface area is 91.1 Å². The molecule has 1 aromatic rings. The first-order valence-electron chi connectivity index (χ1n) is 5.83. The number of rotatable bonds is 4. The zero-order chi connectivity index (χ0) is 10.7. The van der Waals surface area contributed by atoms with E-state index in [4.69, 9.17) is 0 Å². The molecule has 0 spiro atoms.